The van der Waals surface area contributed by atoms with Crippen LogP contribution in [0.25, 0.3) is 6.08 Å². The summed E-state index contributed by atoms with van der Waals surface area (Å²) in [7, 11) is 1.61. The van der Waals surface area contributed by atoms with Crippen molar-refractivity contribution in [3.8, 4) is 5.75 Å². The van der Waals surface area contributed by atoms with E-state index in [0.29, 0.717) is 18.7 Å². The van der Waals surface area contributed by atoms with Gasteiger partial charge in [0.15, 0.2) is 0 Å². The highest BCUT2D eigenvalue weighted by atomic mass is 16.5. The molecule has 1 aliphatic carbocycles. The maximum Gasteiger partial charge on any atom is 0.119 e. The molecule has 0 bridgehead atoms. The summed E-state index contributed by atoms with van der Waals surface area (Å²) in [6.07, 6.45) is 8.70. The van der Waals surface area contributed by atoms with Gasteiger partial charge in [0, 0.05) is 0 Å². The highest BCUT2D eigenvalue weighted by Gasteiger charge is 2.25. The van der Waals surface area contributed by atoms with Crippen LogP contribution in [0.4, 0.5) is 0 Å². The minimum atomic E-state index is -0.697. The summed E-state index contributed by atoms with van der Waals surface area (Å²) >= 11 is 0. The Morgan fingerprint density at radius 2 is 2.00 bits per heavy atom. The van der Waals surface area contributed by atoms with Gasteiger partial charge in [0.05, 0.1) is 18.8 Å². The highest BCUT2D eigenvalue weighted by molar-refractivity contribution is 5.55. The standard InChI is InChI=1S/C18H27NO3/c1-22-16-12-14(11-15(13-16)17(20)6-10-19)5-9-18(21)7-3-2-4-8-18/h5,9,11-13,17,20-21H,2-4,6-8,10,19H2,1H3. The predicted molar refractivity (Wildman–Crippen MR) is 88.7 cm³/mol. The number of hydrogen-bond donors (Lipinski definition) is 3. The van der Waals surface area contributed by atoms with Gasteiger partial charge in [-0.15, -0.1) is 0 Å². The lowest BCUT2D eigenvalue weighted by atomic mass is 9.84. The minimum Gasteiger partial charge on any atom is -0.497 e. The van der Waals surface area contributed by atoms with E-state index in [2.05, 4.69) is 0 Å². The quantitative estimate of drug-likeness (QED) is 0.755. The summed E-state index contributed by atoms with van der Waals surface area (Å²) in [6.45, 7) is 0.434. The van der Waals surface area contributed by atoms with E-state index in [9.17, 15) is 10.2 Å². The molecule has 0 aromatic heterocycles. The van der Waals surface area contributed by atoms with E-state index in [1.807, 2.05) is 30.4 Å². The molecule has 2 rings (SSSR count). The molecule has 0 amide bonds. The molecule has 0 saturated heterocycles. The molecular weight excluding hydrogens is 278 g/mol. The zero-order valence-electron chi connectivity index (χ0n) is 13.3. The van der Waals surface area contributed by atoms with Crippen LogP contribution in [0, 0.1) is 0 Å². The van der Waals surface area contributed by atoms with Crippen LogP contribution in [-0.2, 0) is 0 Å². The van der Waals surface area contributed by atoms with Crippen molar-refractivity contribution in [3.63, 3.8) is 0 Å². The smallest absolute Gasteiger partial charge is 0.119 e. The van der Waals surface area contributed by atoms with Gasteiger partial charge < -0.3 is 20.7 Å². The molecular formula is C18H27NO3. The lowest BCUT2D eigenvalue weighted by molar-refractivity contribution is 0.0521. The SMILES string of the molecule is COc1cc(C=CC2(O)CCCCC2)cc(C(O)CCN)c1. The Balaban J connectivity index is 2.20. The van der Waals surface area contributed by atoms with Crippen LogP contribution in [0.15, 0.2) is 24.3 Å². The first kappa shape index (κ1) is 17.0. The van der Waals surface area contributed by atoms with E-state index in [1.165, 1.54) is 6.42 Å². The largest absolute Gasteiger partial charge is 0.497 e. The molecule has 1 saturated carbocycles. The van der Waals surface area contributed by atoms with Crippen molar-refractivity contribution in [3.05, 3.63) is 35.4 Å². The molecule has 1 fully saturated rings. The molecule has 22 heavy (non-hydrogen) atoms. The summed E-state index contributed by atoms with van der Waals surface area (Å²) in [5, 5.41) is 20.7. The molecule has 1 aliphatic rings. The maximum absolute atomic E-state index is 10.5. The fourth-order valence-corrected chi connectivity index (χ4v) is 2.96. The van der Waals surface area contributed by atoms with Crippen LogP contribution in [0.1, 0.15) is 55.8 Å². The predicted octanol–water partition coefficient (Wildman–Crippen LogP) is 2.79. The van der Waals surface area contributed by atoms with Gasteiger partial charge in [-0.1, -0.05) is 31.4 Å². The third kappa shape index (κ3) is 4.57. The normalized spacial score (nSPS) is 19.3. The van der Waals surface area contributed by atoms with Gasteiger partial charge in [-0.25, -0.2) is 0 Å². The van der Waals surface area contributed by atoms with Gasteiger partial charge in [-0.05, 0) is 55.1 Å². The average Bonchev–Trinajstić information content (AvgIpc) is 2.53. The van der Waals surface area contributed by atoms with Crippen molar-refractivity contribution in [2.75, 3.05) is 13.7 Å². The van der Waals surface area contributed by atoms with Gasteiger partial charge >= 0.3 is 0 Å². The minimum absolute atomic E-state index is 0.434. The van der Waals surface area contributed by atoms with E-state index < -0.39 is 11.7 Å². The molecule has 0 radical (unpaired) electrons. The van der Waals surface area contributed by atoms with Gasteiger partial charge in [0.2, 0.25) is 0 Å². The average molecular weight is 305 g/mol. The second-order valence-corrected chi connectivity index (χ2v) is 6.13. The van der Waals surface area contributed by atoms with E-state index in [0.717, 1.165) is 36.8 Å². The van der Waals surface area contributed by atoms with Crippen LogP contribution in [0.2, 0.25) is 0 Å². The molecule has 1 aromatic carbocycles. The number of hydrogen-bond acceptors (Lipinski definition) is 4. The Labute approximate surface area is 132 Å². The van der Waals surface area contributed by atoms with Crippen molar-refractivity contribution < 1.29 is 14.9 Å². The molecule has 122 valence electrons. The molecule has 4 nitrogen and oxygen atoms in total. The topological polar surface area (TPSA) is 75.7 Å². The van der Waals surface area contributed by atoms with Crippen molar-refractivity contribution in [1.29, 1.82) is 0 Å². The summed E-state index contributed by atoms with van der Waals surface area (Å²) in [5.74, 6) is 0.698. The van der Waals surface area contributed by atoms with Gasteiger partial charge in [0.1, 0.15) is 5.75 Å². The first-order chi connectivity index (χ1) is 10.6. The van der Waals surface area contributed by atoms with Gasteiger partial charge in [-0.2, -0.15) is 0 Å². The Morgan fingerprint density at radius 1 is 1.27 bits per heavy atom. The molecule has 0 aliphatic heterocycles. The van der Waals surface area contributed by atoms with E-state index in [4.69, 9.17) is 10.5 Å². The third-order valence-corrected chi connectivity index (χ3v) is 4.32. The molecule has 0 spiro atoms. The number of rotatable bonds is 6. The van der Waals surface area contributed by atoms with Crippen molar-refractivity contribution in [1.82, 2.24) is 0 Å². The third-order valence-electron chi connectivity index (χ3n) is 4.32. The summed E-state index contributed by atoms with van der Waals surface area (Å²) in [6, 6.07) is 5.65. The molecule has 1 unspecified atom stereocenters. The summed E-state index contributed by atoms with van der Waals surface area (Å²) in [4.78, 5) is 0. The number of ether oxygens (including phenoxy) is 1. The monoisotopic (exact) mass is 305 g/mol. The molecule has 1 aromatic rings. The fraction of sp³-hybridized carbons (Fsp3) is 0.556. The molecule has 4 N–H and O–H groups in total. The lowest BCUT2D eigenvalue weighted by Crippen LogP contribution is -2.28. The Kier molecular flexibility index (Phi) is 6.00. The number of aliphatic hydroxyl groups is 2. The van der Waals surface area contributed by atoms with Crippen molar-refractivity contribution >= 4 is 6.08 Å². The maximum atomic E-state index is 10.5. The van der Waals surface area contributed by atoms with Crippen LogP contribution < -0.4 is 10.5 Å². The van der Waals surface area contributed by atoms with Crippen LogP contribution in [-0.4, -0.2) is 29.5 Å². The number of aliphatic hydroxyl groups excluding tert-OH is 1. The summed E-state index contributed by atoms with van der Waals surface area (Å²) in [5.41, 5.74) is 6.53. The van der Waals surface area contributed by atoms with Crippen LogP contribution in [0.5, 0.6) is 5.75 Å². The Morgan fingerprint density at radius 3 is 2.64 bits per heavy atom. The number of nitrogens with two attached hydrogens (primary N) is 1. The van der Waals surface area contributed by atoms with E-state index in [1.54, 1.807) is 7.11 Å². The van der Waals surface area contributed by atoms with Crippen LogP contribution >= 0.6 is 0 Å². The van der Waals surface area contributed by atoms with Gasteiger partial charge in [-0.3, -0.25) is 0 Å². The first-order valence-corrected chi connectivity index (χ1v) is 8.05. The fourth-order valence-electron chi connectivity index (χ4n) is 2.96. The van der Waals surface area contributed by atoms with Crippen molar-refractivity contribution in [2.45, 2.75) is 50.2 Å². The Bertz CT molecular complexity index is 507. The molecule has 0 heterocycles. The van der Waals surface area contributed by atoms with Gasteiger partial charge in [0.25, 0.3) is 0 Å². The molecule has 4 heteroatoms. The number of benzene rings is 1. The van der Waals surface area contributed by atoms with Crippen LogP contribution in [0.3, 0.4) is 0 Å². The second kappa shape index (κ2) is 7.77. The first-order valence-electron chi connectivity index (χ1n) is 8.05. The van der Waals surface area contributed by atoms with E-state index in [-0.39, 0.29) is 0 Å². The Hall–Kier alpha value is -1.36. The lowest BCUT2D eigenvalue weighted by Gasteiger charge is -2.28. The second-order valence-electron chi connectivity index (χ2n) is 6.13. The summed E-state index contributed by atoms with van der Waals surface area (Å²) < 4.78 is 5.30. The number of methoxy groups -OCH3 is 1. The highest BCUT2D eigenvalue weighted by Crippen LogP contribution is 2.30. The zero-order valence-corrected chi connectivity index (χ0v) is 13.3. The van der Waals surface area contributed by atoms with E-state index >= 15 is 0 Å². The van der Waals surface area contributed by atoms with Crippen molar-refractivity contribution in [2.24, 2.45) is 5.73 Å². The zero-order chi connectivity index (χ0) is 16.0. The molecule has 1 atom stereocenters.